The van der Waals surface area contributed by atoms with Crippen molar-refractivity contribution in [3.05, 3.63) is 24.5 Å². The summed E-state index contributed by atoms with van der Waals surface area (Å²) in [6, 6.07) is 2.95. The van der Waals surface area contributed by atoms with Gasteiger partial charge >= 0.3 is 0 Å². The van der Waals surface area contributed by atoms with Crippen molar-refractivity contribution in [2.24, 2.45) is 17.8 Å². The van der Waals surface area contributed by atoms with E-state index in [0.717, 1.165) is 25.7 Å². The normalized spacial score (nSPS) is 22.4. The van der Waals surface area contributed by atoms with Crippen molar-refractivity contribution in [3.8, 4) is 0 Å². The van der Waals surface area contributed by atoms with Crippen LogP contribution in [0.25, 0.3) is 0 Å². The maximum Gasteiger partial charge on any atom is 0.247 e. The molecule has 5 heteroatoms. The number of hydrogen-bond acceptors (Lipinski definition) is 3. The molecule has 2 amide bonds. The van der Waals surface area contributed by atoms with E-state index in [4.69, 9.17) is 0 Å². The SMILES string of the molecule is CC1CCC(C(=O)N[C@H](C(=O)Nc2ccncc2)C(C)C)CC1. The van der Waals surface area contributed by atoms with E-state index in [0.29, 0.717) is 11.6 Å². The van der Waals surface area contributed by atoms with Gasteiger partial charge in [-0.2, -0.15) is 0 Å². The quantitative estimate of drug-likeness (QED) is 0.877. The van der Waals surface area contributed by atoms with Crippen LogP contribution in [-0.2, 0) is 9.59 Å². The predicted molar refractivity (Wildman–Crippen MR) is 90.8 cm³/mol. The molecule has 0 saturated heterocycles. The molecule has 23 heavy (non-hydrogen) atoms. The molecule has 1 saturated carbocycles. The molecule has 0 aliphatic heterocycles. The summed E-state index contributed by atoms with van der Waals surface area (Å²) in [4.78, 5) is 28.9. The fourth-order valence-electron chi connectivity index (χ4n) is 2.98. The Hall–Kier alpha value is -1.91. The molecule has 1 aliphatic rings. The first-order valence-corrected chi connectivity index (χ1v) is 8.48. The standard InChI is InChI=1S/C18H27N3O2/c1-12(2)16(18(23)20-15-8-10-19-11-9-15)21-17(22)14-6-4-13(3)5-7-14/h8-14,16H,4-7H2,1-3H3,(H,21,22)(H,19,20,23)/t13?,14?,16-/m0/s1. The molecule has 1 aromatic rings. The van der Waals surface area contributed by atoms with Gasteiger partial charge in [0.1, 0.15) is 6.04 Å². The zero-order valence-electron chi connectivity index (χ0n) is 14.2. The predicted octanol–water partition coefficient (Wildman–Crippen LogP) is 2.99. The summed E-state index contributed by atoms with van der Waals surface area (Å²) in [7, 11) is 0. The number of pyridine rings is 1. The van der Waals surface area contributed by atoms with Gasteiger partial charge in [0.25, 0.3) is 0 Å². The Bertz CT molecular complexity index is 522. The topological polar surface area (TPSA) is 71.1 Å². The Balaban J connectivity index is 1.95. The first-order valence-electron chi connectivity index (χ1n) is 8.48. The fraction of sp³-hybridized carbons (Fsp3) is 0.611. The van der Waals surface area contributed by atoms with Gasteiger partial charge in [0, 0.05) is 24.0 Å². The number of nitrogens with zero attached hydrogens (tertiary/aromatic N) is 1. The van der Waals surface area contributed by atoms with Crippen molar-refractivity contribution in [2.75, 3.05) is 5.32 Å². The largest absolute Gasteiger partial charge is 0.344 e. The van der Waals surface area contributed by atoms with Gasteiger partial charge in [0.05, 0.1) is 0 Å². The van der Waals surface area contributed by atoms with Crippen LogP contribution >= 0.6 is 0 Å². The van der Waals surface area contributed by atoms with Crippen LogP contribution in [0.1, 0.15) is 46.5 Å². The van der Waals surface area contributed by atoms with Crippen LogP contribution in [0.15, 0.2) is 24.5 Å². The molecule has 5 nitrogen and oxygen atoms in total. The van der Waals surface area contributed by atoms with E-state index in [9.17, 15) is 9.59 Å². The van der Waals surface area contributed by atoms with Crippen molar-refractivity contribution in [1.82, 2.24) is 10.3 Å². The molecule has 2 N–H and O–H groups in total. The molecule has 1 fully saturated rings. The zero-order valence-corrected chi connectivity index (χ0v) is 14.2. The highest BCUT2D eigenvalue weighted by atomic mass is 16.2. The number of aromatic nitrogens is 1. The minimum Gasteiger partial charge on any atom is -0.344 e. The van der Waals surface area contributed by atoms with E-state index in [2.05, 4.69) is 22.5 Å². The van der Waals surface area contributed by atoms with Crippen LogP contribution in [0.4, 0.5) is 5.69 Å². The molecule has 0 radical (unpaired) electrons. The Kier molecular flexibility index (Phi) is 6.13. The molecular formula is C18H27N3O2. The minimum absolute atomic E-state index is 0.0143. The van der Waals surface area contributed by atoms with E-state index in [1.54, 1.807) is 24.5 Å². The second kappa shape index (κ2) is 8.09. The van der Waals surface area contributed by atoms with Gasteiger partial charge in [-0.25, -0.2) is 0 Å². The molecule has 1 heterocycles. The smallest absolute Gasteiger partial charge is 0.247 e. The first-order chi connectivity index (χ1) is 11.0. The Morgan fingerprint density at radius 2 is 1.74 bits per heavy atom. The average molecular weight is 317 g/mol. The second-order valence-electron chi connectivity index (χ2n) is 6.91. The number of hydrogen-bond donors (Lipinski definition) is 2. The molecule has 1 aromatic heterocycles. The van der Waals surface area contributed by atoms with Crippen LogP contribution in [0.5, 0.6) is 0 Å². The van der Waals surface area contributed by atoms with Gasteiger partial charge in [0.2, 0.25) is 11.8 Å². The Labute approximate surface area is 138 Å². The van der Waals surface area contributed by atoms with Crippen LogP contribution in [0.3, 0.4) is 0 Å². The summed E-state index contributed by atoms with van der Waals surface area (Å²) in [5.41, 5.74) is 0.691. The molecule has 2 rings (SSSR count). The molecular weight excluding hydrogens is 290 g/mol. The lowest BCUT2D eigenvalue weighted by Gasteiger charge is -2.28. The molecule has 1 atom stereocenters. The van der Waals surface area contributed by atoms with Gasteiger partial charge in [-0.1, -0.05) is 20.8 Å². The Morgan fingerprint density at radius 1 is 1.13 bits per heavy atom. The minimum atomic E-state index is -0.519. The van der Waals surface area contributed by atoms with Crippen LogP contribution in [0.2, 0.25) is 0 Å². The van der Waals surface area contributed by atoms with Gasteiger partial charge in [-0.15, -0.1) is 0 Å². The monoisotopic (exact) mass is 317 g/mol. The van der Waals surface area contributed by atoms with Crippen molar-refractivity contribution in [2.45, 2.75) is 52.5 Å². The van der Waals surface area contributed by atoms with Crippen LogP contribution in [0, 0.1) is 17.8 Å². The van der Waals surface area contributed by atoms with E-state index in [1.807, 2.05) is 13.8 Å². The Morgan fingerprint density at radius 3 is 2.30 bits per heavy atom. The van der Waals surface area contributed by atoms with Crippen molar-refractivity contribution < 1.29 is 9.59 Å². The molecule has 0 aromatic carbocycles. The van der Waals surface area contributed by atoms with Gasteiger partial charge in [-0.05, 0) is 49.7 Å². The number of nitrogens with one attached hydrogen (secondary N) is 2. The summed E-state index contributed by atoms with van der Waals surface area (Å²) >= 11 is 0. The van der Waals surface area contributed by atoms with E-state index < -0.39 is 6.04 Å². The summed E-state index contributed by atoms with van der Waals surface area (Å²) in [5, 5.41) is 5.80. The summed E-state index contributed by atoms with van der Waals surface area (Å²) in [6.07, 6.45) is 7.28. The van der Waals surface area contributed by atoms with Crippen LogP contribution < -0.4 is 10.6 Å². The average Bonchev–Trinajstić information content (AvgIpc) is 2.53. The van der Waals surface area contributed by atoms with Crippen LogP contribution in [-0.4, -0.2) is 22.8 Å². The number of carbonyl (C=O) groups is 2. The lowest BCUT2D eigenvalue weighted by molar-refractivity contribution is -0.131. The summed E-state index contributed by atoms with van der Waals surface area (Å²) in [5.74, 6) is 0.614. The first kappa shape index (κ1) is 17.4. The van der Waals surface area contributed by atoms with Gasteiger partial charge in [0.15, 0.2) is 0 Å². The third-order valence-corrected chi connectivity index (χ3v) is 4.58. The second-order valence-corrected chi connectivity index (χ2v) is 6.91. The summed E-state index contributed by atoms with van der Waals surface area (Å²) in [6.45, 7) is 6.12. The summed E-state index contributed by atoms with van der Waals surface area (Å²) < 4.78 is 0. The lowest BCUT2D eigenvalue weighted by Crippen LogP contribution is -2.49. The highest BCUT2D eigenvalue weighted by Gasteiger charge is 2.29. The maximum absolute atomic E-state index is 12.5. The highest BCUT2D eigenvalue weighted by Crippen LogP contribution is 2.28. The van der Waals surface area contributed by atoms with Gasteiger partial charge in [-0.3, -0.25) is 14.6 Å². The third-order valence-electron chi connectivity index (χ3n) is 4.58. The van der Waals surface area contributed by atoms with Gasteiger partial charge < -0.3 is 10.6 Å². The van der Waals surface area contributed by atoms with Crippen molar-refractivity contribution in [1.29, 1.82) is 0 Å². The van der Waals surface area contributed by atoms with E-state index >= 15 is 0 Å². The zero-order chi connectivity index (χ0) is 16.8. The molecule has 0 spiro atoms. The third kappa shape index (κ3) is 5.05. The van der Waals surface area contributed by atoms with E-state index in [-0.39, 0.29) is 23.7 Å². The molecule has 1 aliphatic carbocycles. The molecule has 0 bridgehead atoms. The lowest BCUT2D eigenvalue weighted by atomic mass is 9.82. The van der Waals surface area contributed by atoms with Crippen molar-refractivity contribution >= 4 is 17.5 Å². The van der Waals surface area contributed by atoms with Crippen molar-refractivity contribution in [3.63, 3.8) is 0 Å². The number of carbonyl (C=O) groups excluding carboxylic acids is 2. The number of amides is 2. The maximum atomic E-state index is 12.5. The number of rotatable bonds is 5. The number of anilines is 1. The molecule has 126 valence electrons. The van der Waals surface area contributed by atoms with E-state index in [1.165, 1.54) is 0 Å². The highest BCUT2D eigenvalue weighted by molar-refractivity contribution is 5.97. The molecule has 0 unspecified atom stereocenters. The fourth-order valence-corrected chi connectivity index (χ4v) is 2.98.